The van der Waals surface area contributed by atoms with Crippen LogP contribution in [0.3, 0.4) is 0 Å². The van der Waals surface area contributed by atoms with Crippen molar-refractivity contribution in [1.82, 2.24) is 10.2 Å². The molecule has 0 fully saturated rings. The number of benzene rings is 1. The number of rotatable bonds is 6. The average molecular weight is 437 g/mol. The molecule has 1 aliphatic heterocycles. The zero-order valence-corrected chi connectivity index (χ0v) is 17.7. The number of Topliss-reactive ketones (excluding diaryl/α,β-unsaturated/α-hetero) is 1. The van der Waals surface area contributed by atoms with Gasteiger partial charge in [-0.15, -0.1) is 0 Å². The van der Waals surface area contributed by atoms with Gasteiger partial charge in [-0.3, -0.25) is 4.79 Å². The molecule has 1 aliphatic carbocycles. The molecule has 1 atom stereocenters. The third kappa shape index (κ3) is 3.81. The van der Waals surface area contributed by atoms with E-state index >= 15 is 0 Å². The SMILES string of the molecule is CCCOc1ccc(C2NC(=S)N(CCC)C3=C2C(=O)CCC3)cc1Br. The van der Waals surface area contributed by atoms with Crippen LogP contribution in [0, 0.1) is 0 Å². The summed E-state index contributed by atoms with van der Waals surface area (Å²) in [7, 11) is 0. The first-order valence-corrected chi connectivity index (χ1v) is 10.5. The van der Waals surface area contributed by atoms with Gasteiger partial charge in [-0.05, 0) is 71.5 Å². The Morgan fingerprint density at radius 1 is 1.31 bits per heavy atom. The van der Waals surface area contributed by atoms with Crippen molar-refractivity contribution in [2.24, 2.45) is 0 Å². The molecule has 0 spiro atoms. The van der Waals surface area contributed by atoms with E-state index in [9.17, 15) is 4.79 Å². The monoisotopic (exact) mass is 436 g/mol. The van der Waals surface area contributed by atoms with E-state index in [4.69, 9.17) is 17.0 Å². The number of carbonyl (C=O) groups excluding carboxylic acids is 1. The second-order valence-corrected chi connectivity index (χ2v) is 7.95. The normalized spacial score (nSPS) is 20.1. The van der Waals surface area contributed by atoms with Crippen molar-refractivity contribution >= 4 is 39.0 Å². The maximum absolute atomic E-state index is 12.8. The van der Waals surface area contributed by atoms with Crippen molar-refractivity contribution in [2.75, 3.05) is 13.2 Å². The van der Waals surface area contributed by atoms with Crippen molar-refractivity contribution in [3.05, 3.63) is 39.5 Å². The van der Waals surface area contributed by atoms with Crippen molar-refractivity contribution in [3.63, 3.8) is 0 Å². The van der Waals surface area contributed by atoms with Gasteiger partial charge in [0.15, 0.2) is 10.9 Å². The predicted molar refractivity (Wildman–Crippen MR) is 111 cm³/mol. The van der Waals surface area contributed by atoms with Gasteiger partial charge in [-0.25, -0.2) is 0 Å². The molecule has 6 heteroatoms. The highest BCUT2D eigenvalue weighted by Crippen LogP contribution is 2.39. The van der Waals surface area contributed by atoms with Crippen LogP contribution < -0.4 is 10.1 Å². The van der Waals surface area contributed by atoms with Crippen LogP contribution in [0.5, 0.6) is 5.75 Å². The summed E-state index contributed by atoms with van der Waals surface area (Å²) in [5, 5.41) is 4.12. The highest BCUT2D eigenvalue weighted by atomic mass is 79.9. The third-order valence-corrected chi connectivity index (χ3v) is 5.71. The van der Waals surface area contributed by atoms with E-state index in [1.165, 1.54) is 0 Å². The number of thiocarbonyl (C=S) groups is 1. The minimum atomic E-state index is -0.185. The second-order valence-electron chi connectivity index (χ2n) is 6.71. The number of allylic oxidation sites excluding steroid dienone is 1. The zero-order chi connectivity index (χ0) is 18.7. The lowest BCUT2D eigenvalue weighted by Crippen LogP contribution is -2.49. The molecule has 3 rings (SSSR count). The Balaban J connectivity index is 1.98. The lowest BCUT2D eigenvalue weighted by atomic mass is 9.84. The minimum Gasteiger partial charge on any atom is -0.492 e. The van der Waals surface area contributed by atoms with Gasteiger partial charge in [-0.2, -0.15) is 0 Å². The smallest absolute Gasteiger partial charge is 0.173 e. The molecule has 4 nitrogen and oxygen atoms in total. The fourth-order valence-corrected chi connectivity index (χ4v) is 4.42. The van der Waals surface area contributed by atoms with Crippen LogP contribution >= 0.6 is 28.1 Å². The summed E-state index contributed by atoms with van der Waals surface area (Å²) in [5.41, 5.74) is 3.02. The molecule has 0 saturated carbocycles. The maximum atomic E-state index is 12.8. The highest BCUT2D eigenvalue weighted by molar-refractivity contribution is 9.10. The molecular weight excluding hydrogens is 412 g/mol. The molecule has 1 aromatic rings. The molecule has 1 unspecified atom stereocenters. The minimum absolute atomic E-state index is 0.185. The molecule has 0 amide bonds. The molecule has 1 aromatic carbocycles. The summed E-state index contributed by atoms with van der Waals surface area (Å²) < 4.78 is 6.65. The fraction of sp³-hybridized carbons (Fsp3) is 0.500. The van der Waals surface area contributed by atoms with Crippen LogP contribution in [0.4, 0.5) is 0 Å². The first kappa shape index (κ1) is 19.4. The Morgan fingerprint density at radius 3 is 2.81 bits per heavy atom. The number of nitrogens with zero attached hydrogens (tertiary/aromatic N) is 1. The Kier molecular flexibility index (Phi) is 6.35. The number of ether oxygens (including phenoxy) is 1. The average Bonchev–Trinajstić information content (AvgIpc) is 2.63. The number of hydrogen-bond acceptors (Lipinski definition) is 3. The van der Waals surface area contributed by atoms with E-state index in [1.54, 1.807) is 0 Å². The molecule has 0 saturated heterocycles. The Morgan fingerprint density at radius 2 is 2.12 bits per heavy atom. The summed E-state index contributed by atoms with van der Waals surface area (Å²) in [6, 6.07) is 5.84. The van der Waals surface area contributed by atoms with Crippen molar-refractivity contribution < 1.29 is 9.53 Å². The molecule has 1 heterocycles. The summed E-state index contributed by atoms with van der Waals surface area (Å²) in [6.07, 6.45) is 4.39. The Bertz CT molecular complexity index is 747. The van der Waals surface area contributed by atoms with Gasteiger partial charge in [0.25, 0.3) is 0 Å². The number of ketones is 1. The van der Waals surface area contributed by atoms with E-state index in [1.807, 2.05) is 18.2 Å². The van der Waals surface area contributed by atoms with Crippen LogP contribution in [0.15, 0.2) is 33.9 Å². The second kappa shape index (κ2) is 8.53. The summed E-state index contributed by atoms with van der Waals surface area (Å²) in [6.45, 7) is 5.74. The van der Waals surface area contributed by atoms with Gasteiger partial charge in [0.05, 0.1) is 17.1 Å². The zero-order valence-electron chi connectivity index (χ0n) is 15.3. The molecular formula is C20H25BrN2O2S. The number of carbonyl (C=O) groups is 1. The first-order valence-electron chi connectivity index (χ1n) is 9.33. The summed E-state index contributed by atoms with van der Waals surface area (Å²) in [5.74, 6) is 1.06. The molecule has 2 aliphatic rings. The molecule has 26 heavy (non-hydrogen) atoms. The number of halogens is 1. The van der Waals surface area contributed by atoms with Crippen molar-refractivity contribution in [2.45, 2.75) is 52.0 Å². The van der Waals surface area contributed by atoms with Gasteiger partial charge < -0.3 is 15.0 Å². The van der Waals surface area contributed by atoms with Crippen LogP contribution in [0.1, 0.15) is 57.6 Å². The predicted octanol–water partition coefficient (Wildman–Crippen LogP) is 4.89. The summed E-state index contributed by atoms with van der Waals surface area (Å²) >= 11 is 9.23. The molecule has 0 bridgehead atoms. The number of hydrogen-bond donors (Lipinski definition) is 1. The Labute approximate surface area is 169 Å². The van der Waals surface area contributed by atoms with E-state index < -0.39 is 0 Å². The first-order chi connectivity index (χ1) is 12.6. The number of nitrogens with one attached hydrogen (secondary N) is 1. The van der Waals surface area contributed by atoms with E-state index in [-0.39, 0.29) is 11.8 Å². The quantitative estimate of drug-likeness (QED) is 0.643. The van der Waals surface area contributed by atoms with Crippen molar-refractivity contribution in [1.29, 1.82) is 0 Å². The van der Waals surface area contributed by atoms with Gasteiger partial charge in [0.2, 0.25) is 0 Å². The molecule has 140 valence electrons. The third-order valence-electron chi connectivity index (χ3n) is 4.75. The standard InChI is InChI=1S/C20H25BrN2O2S/c1-3-10-23-15-6-5-7-16(24)18(15)19(22-20(23)26)13-8-9-17(14(21)12-13)25-11-4-2/h8-9,12,19H,3-7,10-11H2,1-2H3,(H,22,26). The largest absolute Gasteiger partial charge is 0.492 e. The van der Waals surface area contributed by atoms with Crippen LogP contribution in [0.25, 0.3) is 0 Å². The van der Waals surface area contributed by atoms with Gasteiger partial charge in [-0.1, -0.05) is 19.9 Å². The molecule has 0 aromatic heterocycles. The van der Waals surface area contributed by atoms with E-state index in [0.717, 1.165) is 59.3 Å². The summed E-state index contributed by atoms with van der Waals surface area (Å²) in [4.78, 5) is 14.9. The van der Waals surface area contributed by atoms with Crippen LogP contribution in [-0.4, -0.2) is 28.9 Å². The lowest BCUT2D eigenvalue weighted by Gasteiger charge is -2.41. The topological polar surface area (TPSA) is 41.6 Å². The highest BCUT2D eigenvalue weighted by Gasteiger charge is 2.36. The van der Waals surface area contributed by atoms with Crippen molar-refractivity contribution in [3.8, 4) is 5.75 Å². The van der Waals surface area contributed by atoms with E-state index in [0.29, 0.717) is 18.1 Å². The van der Waals surface area contributed by atoms with E-state index in [2.05, 4.69) is 40.0 Å². The maximum Gasteiger partial charge on any atom is 0.173 e. The van der Waals surface area contributed by atoms with Gasteiger partial charge in [0, 0.05) is 24.2 Å². The van der Waals surface area contributed by atoms with Crippen LogP contribution in [-0.2, 0) is 4.79 Å². The van der Waals surface area contributed by atoms with Crippen LogP contribution in [0.2, 0.25) is 0 Å². The van der Waals surface area contributed by atoms with Gasteiger partial charge in [0.1, 0.15) is 5.75 Å². The fourth-order valence-electron chi connectivity index (χ4n) is 3.59. The molecule has 1 N–H and O–H groups in total. The lowest BCUT2D eigenvalue weighted by molar-refractivity contribution is -0.116. The molecule has 0 radical (unpaired) electrons. The van der Waals surface area contributed by atoms with Gasteiger partial charge >= 0.3 is 0 Å². The Hall–Kier alpha value is -1.40.